The highest BCUT2D eigenvalue weighted by atomic mass is 19.1. The maximum atomic E-state index is 15.7. The van der Waals surface area contributed by atoms with E-state index in [2.05, 4.69) is 16.0 Å². The maximum absolute atomic E-state index is 15.7. The third-order valence-corrected chi connectivity index (χ3v) is 6.07. The minimum absolute atomic E-state index is 0.123. The Kier molecular flexibility index (Phi) is 5.06. The van der Waals surface area contributed by atoms with Crippen LogP contribution in [0.25, 0.3) is 22.3 Å². The van der Waals surface area contributed by atoms with Crippen LogP contribution < -0.4 is 11.3 Å². The van der Waals surface area contributed by atoms with Crippen molar-refractivity contribution in [2.24, 2.45) is 17.8 Å². The predicted molar refractivity (Wildman–Crippen MR) is 129 cm³/mol. The topological polar surface area (TPSA) is 97.1 Å². The van der Waals surface area contributed by atoms with E-state index in [1.54, 1.807) is 44.6 Å². The number of aromatic nitrogens is 2. The molecule has 166 valence electrons. The first-order valence-corrected chi connectivity index (χ1v) is 10.7. The van der Waals surface area contributed by atoms with Crippen LogP contribution in [0.5, 0.6) is 0 Å². The molecule has 34 heavy (non-hydrogen) atoms. The van der Waals surface area contributed by atoms with Gasteiger partial charge in [-0.2, -0.15) is 5.26 Å². The molecule has 2 aromatic carbocycles. The van der Waals surface area contributed by atoms with Crippen molar-refractivity contribution in [3.63, 3.8) is 0 Å². The first-order valence-electron chi connectivity index (χ1n) is 10.7. The summed E-state index contributed by atoms with van der Waals surface area (Å²) in [4.78, 5) is 20.8. The summed E-state index contributed by atoms with van der Waals surface area (Å²) in [6, 6.07) is 16.3. The smallest absolute Gasteiger partial charge is 0.253 e. The Hall–Kier alpha value is -4.57. The van der Waals surface area contributed by atoms with Gasteiger partial charge in [0.05, 0.1) is 11.1 Å². The third-order valence-electron chi connectivity index (χ3n) is 6.07. The maximum Gasteiger partial charge on any atom is 0.253 e. The Bertz CT molecular complexity index is 1570. The molecule has 1 aliphatic heterocycles. The third kappa shape index (κ3) is 3.46. The Morgan fingerprint density at radius 2 is 1.91 bits per heavy atom. The van der Waals surface area contributed by atoms with Crippen molar-refractivity contribution >= 4 is 5.84 Å². The SMILES string of the molecule is Cc1cc(-c2ccc3c(c2F)C(N)=NC3c2cccc(-c3cncc(C#N)c3)c2)cn(C)c1=O. The van der Waals surface area contributed by atoms with Crippen molar-refractivity contribution < 1.29 is 4.39 Å². The van der Waals surface area contributed by atoms with Gasteiger partial charge >= 0.3 is 0 Å². The number of benzene rings is 2. The molecule has 1 aliphatic rings. The van der Waals surface area contributed by atoms with Gasteiger partial charge in [0.25, 0.3) is 5.56 Å². The van der Waals surface area contributed by atoms with Crippen LogP contribution in [-0.2, 0) is 7.05 Å². The van der Waals surface area contributed by atoms with E-state index in [1.165, 1.54) is 10.8 Å². The number of amidine groups is 1. The van der Waals surface area contributed by atoms with Crippen LogP contribution in [0, 0.1) is 24.1 Å². The lowest BCUT2D eigenvalue weighted by atomic mass is 9.92. The summed E-state index contributed by atoms with van der Waals surface area (Å²) in [6.45, 7) is 1.71. The molecule has 0 spiro atoms. The largest absolute Gasteiger partial charge is 0.383 e. The fourth-order valence-corrected chi connectivity index (χ4v) is 4.40. The lowest BCUT2D eigenvalue weighted by Gasteiger charge is -2.14. The highest BCUT2D eigenvalue weighted by Crippen LogP contribution is 2.39. The van der Waals surface area contributed by atoms with Crippen LogP contribution >= 0.6 is 0 Å². The van der Waals surface area contributed by atoms with Crippen LogP contribution in [0.3, 0.4) is 0 Å². The monoisotopic (exact) mass is 449 g/mol. The lowest BCUT2D eigenvalue weighted by molar-refractivity contribution is 0.626. The van der Waals surface area contributed by atoms with Gasteiger partial charge in [-0.3, -0.25) is 14.8 Å². The van der Waals surface area contributed by atoms with Gasteiger partial charge in [-0.05, 0) is 41.8 Å². The summed E-state index contributed by atoms with van der Waals surface area (Å²) >= 11 is 0. The molecule has 1 unspecified atom stereocenters. The van der Waals surface area contributed by atoms with Gasteiger partial charge in [-0.1, -0.05) is 30.3 Å². The molecule has 0 amide bonds. The predicted octanol–water partition coefficient (Wildman–Crippen LogP) is 4.24. The van der Waals surface area contributed by atoms with E-state index in [9.17, 15) is 10.1 Å². The van der Waals surface area contributed by atoms with E-state index < -0.39 is 11.9 Å². The molecule has 2 aromatic heterocycles. The van der Waals surface area contributed by atoms with E-state index in [1.807, 2.05) is 30.3 Å². The van der Waals surface area contributed by atoms with Crippen molar-refractivity contribution in [1.82, 2.24) is 9.55 Å². The average molecular weight is 449 g/mol. The number of halogens is 1. The second-order valence-corrected chi connectivity index (χ2v) is 8.34. The first kappa shape index (κ1) is 21.3. The minimum atomic E-state index is -0.457. The molecule has 2 N–H and O–H groups in total. The highest BCUT2D eigenvalue weighted by Gasteiger charge is 2.30. The molecule has 0 saturated carbocycles. The Morgan fingerprint density at radius 1 is 1.09 bits per heavy atom. The van der Waals surface area contributed by atoms with Crippen LogP contribution in [0.15, 0.2) is 76.9 Å². The number of nitrogens with zero attached hydrogens (tertiary/aromatic N) is 4. The van der Waals surface area contributed by atoms with Crippen molar-refractivity contribution in [1.29, 1.82) is 5.26 Å². The zero-order chi connectivity index (χ0) is 24.0. The number of pyridine rings is 2. The van der Waals surface area contributed by atoms with Crippen molar-refractivity contribution in [3.8, 4) is 28.3 Å². The van der Waals surface area contributed by atoms with Gasteiger partial charge < -0.3 is 10.3 Å². The second kappa shape index (κ2) is 8.09. The number of aryl methyl sites for hydroxylation is 2. The Labute approximate surface area is 195 Å². The number of aliphatic imine (C=N–C) groups is 1. The molecule has 4 aromatic rings. The van der Waals surface area contributed by atoms with Gasteiger partial charge in [0.15, 0.2) is 0 Å². The van der Waals surface area contributed by atoms with E-state index in [0.29, 0.717) is 27.8 Å². The molecule has 3 heterocycles. The summed E-state index contributed by atoms with van der Waals surface area (Å²) in [5.74, 6) is -0.319. The molecule has 0 saturated heterocycles. The fourth-order valence-electron chi connectivity index (χ4n) is 4.40. The molecule has 5 rings (SSSR count). The van der Waals surface area contributed by atoms with Gasteiger partial charge in [0.2, 0.25) is 0 Å². The van der Waals surface area contributed by atoms with Crippen molar-refractivity contribution in [3.05, 3.63) is 111 Å². The molecule has 6 nitrogen and oxygen atoms in total. The number of nitriles is 1. The summed E-state index contributed by atoms with van der Waals surface area (Å²) < 4.78 is 17.1. The first-order chi connectivity index (χ1) is 16.4. The van der Waals surface area contributed by atoms with Crippen LogP contribution in [0.4, 0.5) is 4.39 Å². The average Bonchev–Trinajstić information content (AvgIpc) is 3.19. The molecular weight excluding hydrogens is 429 g/mol. The van der Waals surface area contributed by atoms with Crippen LogP contribution in [0.1, 0.15) is 33.9 Å². The standard InChI is InChI=1S/C27H20FN5O/c1-15-8-20(14-33(2)27(15)34)21-6-7-22-23(24(21)28)26(30)32-25(22)18-5-3-4-17(10-18)19-9-16(11-29)12-31-13-19/h3-10,12-14,25H,1-2H3,(H2,30,32). The number of rotatable bonds is 3. The normalized spacial score (nSPS) is 14.4. The van der Waals surface area contributed by atoms with E-state index >= 15 is 4.39 Å². The van der Waals surface area contributed by atoms with Gasteiger partial charge in [0.1, 0.15) is 23.8 Å². The zero-order valence-electron chi connectivity index (χ0n) is 18.6. The van der Waals surface area contributed by atoms with Crippen LogP contribution in [0.2, 0.25) is 0 Å². The molecule has 0 bridgehead atoms. The number of fused-ring (bicyclic) bond motifs is 1. The number of hydrogen-bond donors (Lipinski definition) is 1. The molecule has 0 aliphatic carbocycles. The Balaban J connectivity index is 1.58. The van der Waals surface area contributed by atoms with E-state index in [0.717, 1.165) is 16.7 Å². The summed E-state index contributed by atoms with van der Waals surface area (Å²) in [7, 11) is 1.64. The molecule has 0 fully saturated rings. The number of hydrogen-bond acceptors (Lipinski definition) is 5. The highest BCUT2D eigenvalue weighted by molar-refractivity contribution is 6.03. The van der Waals surface area contributed by atoms with E-state index in [-0.39, 0.29) is 17.0 Å². The van der Waals surface area contributed by atoms with Gasteiger partial charge in [-0.25, -0.2) is 4.39 Å². The Morgan fingerprint density at radius 3 is 2.68 bits per heavy atom. The molecular formula is C27H20FN5O. The lowest BCUT2D eigenvalue weighted by Crippen LogP contribution is -2.19. The van der Waals surface area contributed by atoms with Crippen LogP contribution in [-0.4, -0.2) is 15.4 Å². The number of nitrogens with two attached hydrogens (primary N) is 1. The van der Waals surface area contributed by atoms with E-state index in [4.69, 9.17) is 5.73 Å². The van der Waals surface area contributed by atoms with Gasteiger partial charge in [-0.15, -0.1) is 0 Å². The summed E-state index contributed by atoms with van der Waals surface area (Å²) in [5.41, 5.74) is 11.6. The summed E-state index contributed by atoms with van der Waals surface area (Å²) in [5, 5.41) is 9.18. The second-order valence-electron chi connectivity index (χ2n) is 8.34. The molecule has 1 atom stereocenters. The minimum Gasteiger partial charge on any atom is -0.383 e. The molecule has 7 heteroatoms. The zero-order valence-corrected chi connectivity index (χ0v) is 18.6. The quantitative estimate of drug-likeness (QED) is 0.506. The van der Waals surface area contributed by atoms with Crippen molar-refractivity contribution in [2.45, 2.75) is 13.0 Å². The summed E-state index contributed by atoms with van der Waals surface area (Å²) in [6.07, 6.45) is 4.83. The molecule has 0 radical (unpaired) electrons. The van der Waals surface area contributed by atoms with Gasteiger partial charge in [0, 0.05) is 47.9 Å². The van der Waals surface area contributed by atoms with Crippen molar-refractivity contribution in [2.75, 3.05) is 0 Å². The fraction of sp³-hybridized carbons (Fsp3) is 0.111.